The lowest BCUT2D eigenvalue weighted by atomic mass is 10.2. The van der Waals surface area contributed by atoms with Crippen molar-refractivity contribution in [2.45, 2.75) is 25.6 Å². The summed E-state index contributed by atoms with van der Waals surface area (Å²) >= 11 is 0. The van der Waals surface area contributed by atoms with Crippen LogP contribution in [0, 0.1) is 17.6 Å². The second kappa shape index (κ2) is 9.40. The Morgan fingerprint density at radius 1 is 1.03 bits per heavy atom. The largest absolute Gasteiger partial charge is 0.493 e. The Hall–Kier alpha value is -3.39. The van der Waals surface area contributed by atoms with Crippen molar-refractivity contribution in [2.24, 2.45) is 5.92 Å². The van der Waals surface area contributed by atoms with E-state index in [0.29, 0.717) is 34.4 Å². The Labute approximate surface area is 183 Å². The summed E-state index contributed by atoms with van der Waals surface area (Å²) in [6.07, 6.45) is 3.09. The minimum Gasteiger partial charge on any atom is -0.493 e. The maximum Gasteiger partial charge on any atom is 0.258 e. The highest BCUT2D eigenvalue weighted by Gasteiger charge is 2.30. The van der Waals surface area contributed by atoms with Crippen LogP contribution in [0.1, 0.15) is 18.4 Å². The number of aliphatic hydroxyl groups excluding tert-OH is 1. The van der Waals surface area contributed by atoms with Crippen LogP contribution in [-0.2, 0) is 6.61 Å². The van der Waals surface area contributed by atoms with Gasteiger partial charge in [-0.2, -0.15) is 0 Å². The summed E-state index contributed by atoms with van der Waals surface area (Å²) in [7, 11) is 1.50. The Balaban J connectivity index is 1.45. The smallest absolute Gasteiger partial charge is 0.258 e. The van der Waals surface area contributed by atoms with Crippen LogP contribution in [0.15, 0.2) is 59.5 Å². The van der Waals surface area contributed by atoms with Gasteiger partial charge in [-0.1, -0.05) is 6.07 Å². The summed E-state index contributed by atoms with van der Waals surface area (Å²) < 4.78 is 44.3. The van der Waals surface area contributed by atoms with E-state index < -0.39 is 17.7 Å². The lowest BCUT2D eigenvalue weighted by molar-refractivity contribution is 0.0880. The van der Waals surface area contributed by atoms with Crippen LogP contribution in [0.5, 0.6) is 17.2 Å². The van der Waals surface area contributed by atoms with Crippen LogP contribution in [0.2, 0.25) is 0 Å². The molecule has 1 unspecified atom stereocenters. The maximum absolute atomic E-state index is 13.3. The molecule has 1 atom stereocenters. The summed E-state index contributed by atoms with van der Waals surface area (Å²) in [5.74, 6) is -0.350. The van der Waals surface area contributed by atoms with E-state index in [2.05, 4.69) is 0 Å². The molecular formula is C24H23F2NO5. The summed E-state index contributed by atoms with van der Waals surface area (Å²) in [5, 5.41) is 9.99. The van der Waals surface area contributed by atoms with Gasteiger partial charge in [-0.05, 0) is 54.7 Å². The lowest BCUT2D eigenvalue weighted by Gasteiger charge is -2.15. The van der Waals surface area contributed by atoms with Gasteiger partial charge in [0.2, 0.25) is 0 Å². The monoisotopic (exact) mass is 443 g/mol. The van der Waals surface area contributed by atoms with Crippen molar-refractivity contribution in [1.82, 2.24) is 4.57 Å². The molecule has 1 heterocycles. The summed E-state index contributed by atoms with van der Waals surface area (Å²) in [6.45, 7) is 0.178. The molecule has 1 saturated carbocycles. The van der Waals surface area contributed by atoms with E-state index in [4.69, 9.17) is 14.2 Å². The Morgan fingerprint density at radius 2 is 1.84 bits per heavy atom. The fourth-order valence-corrected chi connectivity index (χ4v) is 3.28. The van der Waals surface area contributed by atoms with Gasteiger partial charge in [0.25, 0.3) is 5.56 Å². The van der Waals surface area contributed by atoms with Crippen molar-refractivity contribution in [2.75, 3.05) is 13.7 Å². The first kappa shape index (κ1) is 21.8. The van der Waals surface area contributed by atoms with Gasteiger partial charge in [0.1, 0.15) is 19.0 Å². The molecule has 1 fully saturated rings. The SMILES string of the molecule is COc1cc(-n2ccc(OCc3ccc(F)c(F)c3)cc2=O)ccc1OCC(O)C1CC1. The molecule has 1 aliphatic carbocycles. The fraction of sp³-hybridized carbons (Fsp3) is 0.292. The Bertz CT molecular complexity index is 1160. The number of ether oxygens (including phenoxy) is 3. The standard InChI is InChI=1S/C24H23F2NO5/c1-30-23-11-17(5-7-22(23)32-14-21(28)16-3-4-16)27-9-8-18(12-24(27)29)31-13-15-2-6-19(25)20(26)10-15/h2,5-12,16,21,28H,3-4,13-14H2,1H3. The predicted octanol–water partition coefficient (Wildman–Crippen LogP) is 3.85. The van der Waals surface area contributed by atoms with Crippen molar-refractivity contribution in [3.63, 3.8) is 0 Å². The lowest BCUT2D eigenvalue weighted by Crippen LogP contribution is -2.20. The minimum atomic E-state index is -0.954. The van der Waals surface area contributed by atoms with Crippen molar-refractivity contribution < 1.29 is 28.1 Å². The van der Waals surface area contributed by atoms with E-state index in [0.717, 1.165) is 25.0 Å². The molecule has 2 aromatic carbocycles. The molecule has 0 spiro atoms. The number of aromatic nitrogens is 1. The van der Waals surface area contributed by atoms with Crippen LogP contribution < -0.4 is 19.8 Å². The molecule has 0 saturated heterocycles. The van der Waals surface area contributed by atoms with Gasteiger partial charge in [0, 0.05) is 18.3 Å². The van der Waals surface area contributed by atoms with Crippen LogP contribution >= 0.6 is 0 Å². The van der Waals surface area contributed by atoms with Crippen LogP contribution in [-0.4, -0.2) is 29.5 Å². The summed E-state index contributed by atoms with van der Waals surface area (Å²) in [6, 6.07) is 11.5. The number of hydrogen-bond donors (Lipinski definition) is 1. The zero-order valence-electron chi connectivity index (χ0n) is 17.5. The first-order chi connectivity index (χ1) is 15.4. The van der Waals surface area contributed by atoms with E-state index >= 15 is 0 Å². The van der Waals surface area contributed by atoms with Gasteiger partial charge in [-0.15, -0.1) is 0 Å². The molecule has 8 heteroatoms. The van der Waals surface area contributed by atoms with Crippen molar-refractivity contribution >= 4 is 0 Å². The number of pyridine rings is 1. The molecule has 4 rings (SSSR count). The molecule has 32 heavy (non-hydrogen) atoms. The van der Waals surface area contributed by atoms with Crippen molar-refractivity contribution in [3.05, 3.63) is 82.3 Å². The first-order valence-corrected chi connectivity index (χ1v) is 10.2. The fourth-order valence-electron chi connectivity index (χ4n) is 3.28. The molecule has 0 bridgehead atoms. The number of nitrogens with zero attached hydrogens (tertiary/aromatic N) is 1. The van der Waals surface area contributed by atoms with Gasteiger partial charge >= 0.3 is 0 Å². The van der Waals surface area contributed by atoms with Crippen molar-refractivity contribution in [3.8, 4) is 22.9 Å². The highest BCUT2D eigenvalue weighted by atomic mass is 19.2. The van der Waals surface area contributed by atoms with Gasteiger partial charge in [0.05, 0.1) is 18.9 Å². The molecule has 0 radical (unpaired) electrons. The van der Waals surface area contributed by atoms with Crippen LogP contribution in [0.3, 0.4) is 0 Å². The third-order valence-corrected chi connectivity index (χ3v) is 5.28. The zero-order valence-corrected chi connectivity index (χ0v) is 17.5. The minimum absolute atomic E-state index is 0.00673. The van der Waals surface area contributed by atoms with E-state index in [1.807, 2.05) is 0 Å². The highest BCUT2D eigenvalue weighted by Crippen LogP contribution is 2.34. The molecule has 1 aromatic heterocycles. The van der Waals surface area contributed by atoms with E-state index in [1.54, 1.807) is 30.5 Å². The number of halogens is 2. The molecule has 168 valence electrons. The average molecular weight is 443 g/mol. The maximum atomic E-state index is 13.3. The number of rotatable bonds is 9. The highest BCUT2D eigenvalue weighted by molar-refractivity contribution is 5.49. The van der Waals surface area contributed by atoms with E-state index in [1.165, 1.54) is 23.8 Å². The molecule has 1 aliphatic rings. The number of aliphatic hydroxyl groups is 1. The quantitative estimate of drug-likeness (QED) is 0.544. The number of methoxy groups -OCH3 is 1. The first-order valence-electron chi connectivity index (χ1n) is 10.2. The topological polar surface area (TPSA) is 69.9 Å². The number of benzene rings is 2. The molecular weight excluding hydrogens is 420 g/mol. The molecule has 6 nitrogen and oxygen atoms in total. The van der Waals surface area contributed by atoms with Crippen LogP contribution in [0.4, 0.5) is 8.78 Å². The van der Waals surface area contributed by atoms with Crippen molar-refractivity contribution in [1.29, 1.82) is 0 Å². The summed E-state index contributed by atoms with van der Waals surface area (Å²) in [5.41, 5.74) is 0.668. The van der Waals surface area contributed by atoms with Crippen LogP contribution in [0.25, 0.3) is 5.69 Å². The summed E-state index contributed by atoms with van der Waals surface area (Å²) in [4.78, 5) is 12.6. The van der Waals surface area contributed by atoms with E-state index in [-0.39, 0.29) is 18.8 Å². The van der Waals surface area contributed by atoms with Gasteiger partial charge in [0.15, 0.2) is 23.1 Å². The predicted molar refractivity (Wildman–Crippen MR) is 114 cm³/mol. The molecule has 1 N–H and O–H groups in total. The zero-order chi connectivity index (χ0) is 22.7. The van der Waals surface area contributed by atoms with Gasteiger partial charge in [-0.25, -0.2) is 8.78 Å². The molecule has 0 amide bonds. The Morgan fingerprint density at radius 3 is 2.53 bits per heavy atom. The Kier molecular flexibility index (Phi) is 6.41. The second-order valence-corrected chi connectivity index (χ2v) is 7.66. The molecule has 3 aromatic rings. The third kappa shape index (κ3) is 5.08. The average Bonchev–Trinajstić information content (AvgIpc) is 3.64. The van der Waals surface area contributed by atoms with E-state index in [9.17, 15) is 18.7 Å². The number of hydrogen-bond acceptors (Lipinski definition) is 5. The molecule has 0 aliphatic heterocycles. The van der Waals surface area contributed by atoms with Gasteiger partial charge in [-0.3, -0.25) is 9.36 Å². The third-order valence-electron chi connectivity index (χ3n) is 5.28. The van der Waals surface area contributed by atoms with Gasteiger partial charge < -0.3 is 19.3 Å². The normalized spacial score (nSPS) is 14.1. The second-order valence-electron chi connectivity index (χ2n) is 7.66.